The molecule has 7 nitrogen and oxygen atoms in total. The van der Waals surface area contributed by atoms with Crippen LogP contribution in [0.25, 0.3) is 0 Å². The molecule has 0 unspecified atom stereocenters. The molecule has 1 aliphatic heterocycles. The van der Waals surface area contributed by atoms with Crippen molar-refractivity contribution < 1.29 is 23.7 Å². The summed E-state index contributed by atoms with van der Waals surface area (Å²) in [6.45, 7) is 0. The molecule has 0 bridgehead atoms. The van der Waals surface area contributed by atoms with Gasteiger partial charge in [0.05, 0.1) is 25.7 Å². The molecule has 4 rings (SSSR count). The monoisotopic (exact) mass is 428 g/mol. The number of fused-ring (bicyclic) bond motifs is 1. The minimum Gasteiger partial charge on any atom is -0.497 e. The van der Waals surface area contributed by atoms with E-state index in [0.717, 1.165) is 11.1 Å². The summed E-state index contributed by atoms with van der Waals surface area (Å²) in [6, 6.07) is 21.2. The highest BCUT2D eigenvalue weighted by molar-refractivity contribution is 5.91. The Balaban J connectivity index is 1.66. The van der Waals surface area contributed by atoms with Crippen LogP contribution in [0.5, 0.6) is 23.0 Å². The van der Waals surface area contributed by atoms with Gasteiger partial charge in [0.2, 0.25) is 5.88 Å². The van der Waals surface area contributed by atoms with E-state index in [1.807, 2.05) is 24.3 Å². The minimum atomic E-state index is -0.535. The molecule has 1 atom stereocenters. The van der Waals surface area contributed by atoms with Gasteiger partial charge in [-0.1, -0.05) is 24.3 Å². The second kappa shape index (κ2) is 8.74. The lowest BCUT2D eigenvalue weighted by Gasteiger charge is -2.26. The largest absolute Gasteiger partial charge is 0.497 e. The van der Waals surface area contributed by atoms with Crippen LogP contribution in [0, 0.1) is 11.3 Å². The lowest BCUT2D eigenvalue weighted by Crippen LogP contribution is -2.21. The molecular formula is C25H20N2O5. The maximum Gasteiger partial charge on any atom is 0.343 e. The molecule has 0 aromatic heterocycles. The van der Waals surface area contributed by atoms with E-state index in [4.69, 9.17) is 24.7 Å². The summed E-state index contributed by atoms with van der Waals surface area (Å²) in [5.74, 6) is 1.02. The molecule has 0 fully saturated rings. The smallest absolute Gasteiger partial charge is 0.343 e. The number of esters is 1. The highest BCUT2D eigenvalue weighted by atomic mass is 16.5. The average molecular weight is 428 g/mol. The number of carbonyl (C=O) groups excluding carboxylic acids is 1. The highest BCUT2D eigenvalue weighted by Crippen LogP contribution is 2.43. The second-order valence-electron chi connectivity index (χ2n) is 7.02. The molecular weight excluding hydrogens is 408 g/mol. The number of nitrogens with two attached hydrogens (primary N) is 1. The first kappa shape index (κ1) is 20.8. The number of benzene rings is 3. The zero-order chi connectivity index (χ0) is 22.7. The summed E-state index contributed by atoms with van der Waals surface area (Å²) in [4.78, 5) is 12.6. The number of nitriles is 1. The number of ether oxygens (including phenoxy) is 4. The Kier molecular flexibility index (Phi) is 5.69. The third kappa shape index (κ3) is 3.94. The first-order chi connectivity index (χ1) is 15.5. The van der Waals surface area contributed by atoms with Crippen molar-refractivity contribution in [3.63, 3.8) is 0 Å². The number of rotatable bonds is 5. The number of hydrogen-bond donors (Lipinski definition) is 1. The van der Waals surface area contributed by atoms with Crippen molar-refractivity contribution in [3.8, 4) is 29.1 Å². The Labute approximate surface area is 185 Å². The molecule has 0 saturated carbocycles. The van der Waals surface area contributed by atoms with Crippen LogP contribution in [0.4, 0.5) is 0 Å². The molecule has 1 aliphatic rings. The summed E-state index contributed by atoms with van der Waals surface area (Å²) in [7, 11) is 3.11. The van der Waals surface area contributed by atoms with Crippen LogP contribution in [0.1, 0.15) is 27.4 Å². The van der Waals surface area contributed by atoms with Gasteiger partial charge in [-0.25, -0.2) is 4.79 Å². The fourth-order valence-electron chi connectivity index (χ4n) is 3.55. The lowest BCUT2D eigenvalue weighted by atomic mass is 9.83. The summed E-state index contributed by atoms with van der Waals surface area (Å²) >= 11 is 0. The van der Waals surface area contributed by atoms with Crippen molar-refractivity contribution in [2.24, 2.45) is 5.73 Å². The van der Waals surface area contributed by atoms with Crippen molar-refractivity contribution in [3.05, 3.63) is 94.9 Å². The Hall–Kier alpha value is -4.44. The third-order valence-corrected chi connectivity index (χ3v) is 5.16. The molecule has 1 heterocycles. The van der Waals surface area contributed by atoms with E-state index < -0.39 is 11.9 Å². The first-order valence-electron chi connectivity index (χ1n) is 9.75. The van der Waals surface area contributed by atoms with Crippen molar-refractivity contribution >= 4 is 5.97 Å². The van der Waals surface area contributed by atoms with E-state index in [2.05, 4.69) is 6.07 Å². The molecule has 3 aromatic carbocycles. The number of nitrogens with zero attached hydrogens (tertiary/aromatic N) is 1. The van der Waals surface area contributed by atoms with E-state index in [-0.39, 0.29) is 5.88 Å². The van der Waals surface area contributed by atoms with Gasteiger partial charge in [0.25, 0.3) is 0 Å². The number of hydrogen-bond acceptors (Lipinski definition) is 7. The van der Waals surface area contributed by atoms with E-state index in [1.54, 1.807) is 49.6 Å². The average Bonchev–Trinajstić information content (AvgIpc) is 2.83. The molecule has 0 aliphatic carbocycles. The van der Waals surface area contributed by atoms with Crippen molar-refractivity contribution in [2.45, 2.75) is 5.92 Å². The third-order valence-electron chi connectivity index (χ3n) is 5.16. The van der Waals surface area contributed by atoms with Gasteiger partial charge in [-0.2, -0.15) is 5.26 Å². The topological polar surface area (TPSA) is 104 Å². The van der Waals surface area contributed by atoms with Crippen LogP contribution in [0.2, 0.25) is 0 Å². The zero-order valence-electron chi connectivity index (χ0n) is 17.5. The maximum absolute atomic E-state index is 12.6. The van der Waals surface area contributed by atoms with Gasteiger partial charge in [0.15, 0.2) is 0 Å². The molecule has 7 heteroatoms. The Morgan fingerprint density at radius 1 is 0.969 bits per heavy atom. The fourth-order valence-corrected chi connectivity index (χ4v) is 3.55. The van der Waals surface area contributed by atoms with Crippen LogP contribution < -0.4 is 24.7 Å². The molecule has 0 spiro atoms. The van der Waals surface area contributed by atoms with Gasteiger partial charge < -0.3 is 24.7 Å². The van der Waals surface area contributed by atoms with Crippen LogP contribution in [-0.4, -0.2) is 20.2 Å². The summed E-state index contributed by atoms with van der Waals surface area (Å²) in [5.41, 5.74) is 8.31. The molecule has 0 saturated heterocycles. The molecule has 3 aromatic rings. The van der Waals surface area contributed by atoms with E-state index in [1.165, 1.54) is 7.11 Å². The van der Waals surface area contributed by atoms with Gasteiger partial charge in [-0.3, -0.25) is 0 Å². The van der Waals surface area contributed by atoms with Gasteiger partial charge in [-0.15, -0.1) is 0 Å². The van der Waals surface area contributed by atoms with Gasteiger partial charge in [0, 0.05) is 11.6 Å². The normalized spacial score (nSPS) is 14.6. The summed E-state index contributed by atoms with van der Waals surface area (Å²) in [6.07, 6.45) is 0. The standard InChI is InChI=1S/C25H20N2O5/c1-29-17-8-6-15(7-9-17)23-20-11-10-19(13-22(20)32-24(27)21(23)14-26)31-25(28)16-4-3-5-18(12-16)30-2/h3-13,23H,27H2,1-2H3/t23-/m1/s1. The van der Waals surface area contributed by atoms with Gasteiger partial charge in [0.1, 0.15) is 34.6 Å². The van der Waals surface area contributed by atoms with Gasteiger partial charge >= 0.3 is 5.97 Å². The van der Waals surface area contributed by atoms with Crippen LogP contribution >= 0.6 is 0 Å². The van der Waals surface area contributed by atoms with Crippen LogP contribution in [0.15, 0.2) is 78.2 Å². The van der Waals surface area contributed by atoms with E-state index in [9.17, 15) is 10.1 Å². The fraction of sp³-hybridized carbons (Fsp3) is 0.120. The van der Waals surface area contributed by atoms with Gasteiger partial charge in [-0.05, 0) is 42.0 Å². The molecule has 2 N–H and O–H groups in total. The SMILES string of the molecule is COc1ccc([C@H]2C(C#N)=C(N)Oc3cc(OC(=O)c4cccc(OC)c4)ccc32)cc1. The zero-order valence-corrected chi connectivity index (χ0v) is 17.5. The molecule has 160 valence electrons. The van der Waals surface area contributed by atoms with E-state index in [0.29, 0.717) is 34.1 Å². The molecule has 0 radical (unpaired) electrons. The Morgan fingerprint density at radius 2 is 1.69 bits per heavy atom. The lowest BCUT2D eigenvalue weighted by molar-refractivity contribution is 0.0734. The van der Waals surface area contributed by atoms with Crippen molar-refractivity contribution in [1.82, 2.24) is 0 Å². The highest BCUT2D eigenvalue weighted by Gasteiger charge is 2.31. The number of allylic oxidation sites excluding steroid dienone is 1. The predicted octanol–water partition coefficient (Wildman–Crippen LogP) is 4.14. The summed E-state index contributed by atoms with van der Waals surface area (Å²) < 4.78 is 21.6. The Morgan fingerprint density at radius 3 is 2.38 bits per heavy atom. The van der Waals surface area contributed by atoms with Crippen LogP contribution in [0.3, 0.4) is 0 Å². The van der Waals surface area contributed by atoms with Crippen molar-refractivity contribution in [2.75, 3.05) is 14.2 Å². The molecule has 32 heavy (non-hydrogen) atoms. The summed E-state index contributed by atoms with van der Waals surface area (Å²) in [5, 5.41) is 9.69. The quantitative estimate of drug-likeness (QED) is 0.481. The second-order valence-corrected chi connectivity index (χ2v) is 7.02. The first-order valence-corrected chi connectivity index (χ1v) is 9.75. The van der Waals surface area contributed by atoms with E-state index >= 15 is 0 Å². The molecule has 0 amide bonds. The number of methoxy groups -OCH3 is 2. The predicted molar refractivity (Wildman–Crippen MR) is 117 cm³/mol. The maximum atomic E-state index is 12.6. The Bertz CT molecular complexity index is 1240. The number of carbonyl (C=O) groups is 1. The van der Waals surface area contributed by atoms with Crippen LogP contribution in [-0.2, 0) is 0 Å². The van der Waals surface area contributed by atoms with Crippen molar-refractivity contribution in [1.29, 1.82) is 5.26 Å². The minimum absolute atomic E-state index is 0.0112.